The van der Waals surface area contributed by atoms with Gasteiger partial charge in [0.25, 0.3) is 0 Å². The van der Waals surface area contributed by atoms with Gasteiger partial charge in [0.2, 0.25) is 5.91 Å². The quantitative estimate of drug-likeness (QED) is 0.839. The summed E-state index contributed by atoms with van der Waals surface area (Å²) in [6.07, 6.45) is 3.99. The first-order valence-electron chi connectivity index (χ1n) is 6.46. The molecule has 1 unspecified atom stereocenters. The summed E-state index contributed by atoms with van der Waals surface area (Å²) in [4.78, 5) is 14.2. The maximum absolute atomic E-state index is 12.2. The lowest BCUT2D eigenvalue weighted by Gasteiger charge is -2.19. The predicted octanol–water partition coefficient (Wildman–Crippen LogP) is 1.72. The number of hydrogen-bond acceptors (Lipinski definition) is 2. The lowest BCUT2D eigenvalue weighted by Crippen LogP contribution is -2.34. The minimum atomic E-state index is 0.273. The molecule has 2 heterocycles. The van der Waals surface area contributed by atoms with E-state index in [1.54, 1.807) is 0 Å². The average Bonchev–Trinajstić information content (AvgIpc) is 2.96. The van der Waals surface area contributed by atoms with Gasteiger partial charge in [0.05, 0.1) is 0 Å². The third kappa shape index (κ3) is 2.07. The number of anilines is 1. The van der Waals surface area contributed by atoms with E-state index in [1.807, 2.05) is 17.0 Å². The normalized spacial score (nSPS) is 22.8. The van der Waals surface area contributed by atoms with Gasteiger partial charge in [0.15, 0.2) is 0 Å². The Kier molecular flexibility index (Phi) is 2.85. The second-order valence-corrected chi connectivity index (χ2v) is 4.92. The van der Waals surface area contributed by atoms with Crippen molar-refractivity contribution in [1.82, 2.24) is 5.32 Å². The van der Waals surface area contributed by atoms with Crippen LogP contribution >= 0.6 is 0 Å². The first kappa shape index (κ1) is 10.8. The van der Waals surface area contributed by atoms with Crippen molar-refractivity contribution >= 4 is 11.6 Å². The summed E-state index contributed by atoms with van der Waals surface area (Å²) in [5, 5.41) is 3.39. The van der Waals surface area contributed by atoms with Crippen molar-refractivity contribution in [3.63, 3.8) is 0 Å². The van der Waals surface area contributed by atoms with E-state index in [4.69, 9.17) is 0 Å². The number of carbonyl (C=O) groups is 1. The number of nitrogens with one attached hydrogen (secondary N) is 1. The Morgan fingerprint density at radius 3 is 3.12 bits per heavy atom. The van der Waals surface area contributed by atoms with Crippen LogP contribution in [0.2, 0.25) is 0 Å². The first-order valence-corrected chi connectivity index (χ1v) is 6.46. The van der Waals surface area contributed by atoms with E-state index in [1.165, 1.54) is 12.0 Å². The molecule has 2 aliphatic rings. The number of nitrogens with zero attached hydrogens (tertiary/aromatic N) is 1. The summed E-state index contributed by atoms with van der Waals surface area (Å²) in [5.74, 6) is 0.273. The van der Waals surface area contributed by atoms with Crippen molar-refractivity contribution in [3.8, 4) is 0 Å². The zero-order chi connectivity index (χ0) is 11.7. The molecule has 3 heteroatoms. The van der Waals surface area contributed by atoms with E-state index >= 15 is 0 Å². The van der Waals surface area contributed by atoms with E-state index in [0.717, 1.165) is 31.6 Å². The molecule has 1 atom stereocenters. The summed E-state index contributed by atoms with van der Waals surface area (Å²) < 4.78 is 0. The monoisotopic (exact) mass is 230 g/mol. The average molecular weight is 230 g/mol. The molecule has 0 aliphatic carbocycles. The highest BCUT2D eigenvalue weighted by Crippen LogP contribution is 2.28. The van der Waals surface area contributed by atoms with Crippen molar-refractivity contribution in [2.45, 2.75) is 31.7 Å². The molecule has 1 aromatic rings. The molecule has 3 nitrogen and oxygen atoms in total. The van der Waals surface area contributed by atoms with Crippen LogP contribution in [0.5, 0.6) is 0 Å². The van der Waals surface area contributed by atoms with Gasteiger partial charge in [-0.3, -0.25) is 4.79 Å². The van der Waals surface area contributed by atoms with Gasteiger partial charge in [-0.05, 0) is 37.4 Å². The lowest BCUT2D eigenvalue weighted by atomic mass is 10.1. The van der Waals surface area contributed by atoms with E-state index in [2.05, 4.69) is 17.4 Å². The van der Waals surface area contributed by atoms with Crippen LogP contribution in [0.1, 0.15) is 24.8 Å². The molecule has 1 fully saturated rings. The van der Waals surface area contributed by atoms with Crippen LogP contribution in [0.4, 0.5) is 5.69 Å². The smallest absolute Gasteiger partial charge is 0.228 e. The zero-order valence-electron chi connectivity index (χ0n) is 9.98. The SMILES string of the molecule is O=C(CC1CCCN1)N1CCc2ccccc21. The standard InChI is InChI=1S/C14H18N2O/c17-14(10-12-5-3-8-15-12)16-9-7-11-4-1-2-6-13(11)16/h1-2,4,6,12,15H,3,5,7-10H2. The highest BCUT2D eigenvalue weighted by molar-refractivity contribution is 5.95. The number of carbonyl (C=O) groups excluding carboxylic acids is 1. The minimum Gasteiger partial charge on any atom is -0.313 e. The number of benzene rings is 1. The molecule has 17 heavy (non-hydrogen) atoms. The van der Waals surface area contributed by atoms with Crippen molar-refractivity contribution in [1.29, 1.82) is 0 Å². The van der Waals surface area contributed by atoms with Crippen molar-refractivity contribution in [2.24, 2.45) is 0 Å². The number of amides is 1. The third-order valence-electron chi connectivity index (χ3n) is 3.77. The van der Waals surface area contributed by atoms with Gasteiger partial charge in [0, 0.05) is 24.7 Å². The Morgan fingerprint density at radius 1 is 1.41 bits per heavy atom. The van der Waals surface area contributed by atoms with Gasteiger partial charge < -0.3 is 10.2 Å². The Bertz CT molecular complexity index is 424. The zero-order valence-corrected chi connectivity index (χ0v) is 9.98. The predicted molar refractivity (Wildman–Crippen MR) is 68.1 cm³/mol. The molecule has 90 valence electrons. The summed E-state index contributed by atoms with van der Waals surface area (Å²) in [5.41, 5.74) is 2.43. The maximum atomic E-state index is 12.2. The van der Waals surface area contributed by atoms with E-state index in [-0.39, 0.29) is 5.91 Å². The Hall–Kier alpha value is -1.35. The summed E-state index contributed by atoms with van der Waals surface area (Å²) in [7, 11) is 0. The summed E-state index contributed by atoms with van der Waals surface area (Å²) in [6, 6.07) is 8.64. The maximum Gasteiger partial charge on any atom is 0.228 e. The molecule has 1 aromatic carbocycles. The number of fused-ring (bicyclic) bond motifs is 1. The Labute approximate surface area is 102 Å². The van der Waals surface area contributed by atoms with Crippen LogP contribution in [-0.2, 0) is 11.2 Å². The van der Waals surface area contributed by atoms with Crippen LogP contribution in [0.25, 0.3) is 0 Å². The molecular weight excluding hydrogens is 212 g/mol. The molecule has 2 aliphatic heterocycles. The second kappa shape index (κ2) is 4.49. The minimum absolute atomic E-state index is 0.273. The Morgan fingerprint density at radius 2 is 2.29 bits per heavy atom. The van der Waals surface area contributed by atoms with Crippen LogP contribution < -0.4 is 10.2 Å². The van der Waals surface area contributed by atoms with Gasteiger partial charge in [-0.2, -0.15) is 0 Å². The third-order valence-corrected chi connectivity index (χ3v) is 3.77. The molecule has 3 rings (SSSR count). The fourth-order valence-electron chi connectivity index (χ4n) is 2.85. The number of rotatable bonds is 2. The molecule has 1 N–H and O–H groups in total. The van der Waals surface area contributed by atoms with E-state index in [0.29, 0.717) is 12.5 Å². The Balaban J connectivity index is 1.71. The largest absolute Gasteiger partial charge is 0.313 e. The van der Waals surface area contributed by atoms with Crippen molar-refractivity contribution in [3.05, 3.63) is 29.8 Å². The molecular formula is C14H18N2O. The van der Waals surface area contributed by atoms with Crippen LogP contribution in [0.3, 0.4) is 0 Å². The van der Waals surface area contributed by atoms with E-state index in [9.17, 15) is 4.79 Å². The summed E-state index contributed by atoms with van der Waals surface area (Å²) in [6.45, 7) is 1.92. The first-order chi connectivity index (χ1) is 8.34. The van der Waals surface area contributed by atoms with Crippen molar-refractivity contribution < 1.29 is 4.79 Å². The van der Waals surface area contributed by atoms with Crippen molar-refractivity contribution in [2.75, 3.05) is 18.0 Å². The lowest BCUT2D eigenvalue weighted by molar-refractivity contribution is -0.118. The summed E-state index contributed by atoms with van der Waals surface area (Å²) >= 11 is 0. The van der Waals surface area contributed by atoms with Crippen LogP contribution in [0, 0.1) is 0 Å². The fourth-order valence-corrected chi connectivity index (χ4v) is 2.85. The van der Waals surface area contributed by atoms with Gasteiger partial charge in [-0.25, -0.2) is 0 Å². The fraction of sp³-hybridized carbons (Fsp3) is 0.500. The highest BCUT2D eigenvalue weighted by Gasteiger charge is 2.26. The number of para-hydroxylation sites is 1. The van der Waals surface area contributed by atoms with E-state index < -0.39 is 0 Å². The topological polar surface area (TPSA) is 32.3 Å². The second-order valence-electron chi connectivity index (χ2n) is 4.92. The molecule has 0 radical (unpaired) electrons. The van der Waals surface area contributed by atoms with Gasteiger partial charge in [-0.15, -0.1) is 0 Å². The van der Waals surface area contributed by atoms with Gasteiger partial charge in [0.1, 0.15) is 0 Å². The molecule has 0 bridgehead atoms. The highest BCUT2D eigenvalue weighted by atomic mass is 16.2. The van der Waals surface area contributed by atoms with Crippen LogP contribution in [-0.4, -0.2) is 25.0 Å². The van der Waals surface area contributed by atoms with Crippen LogP contribution in [0.15, 0.2) is 24.3 Å². The van der Waals surface area contributed by atoms with Gasteiger partial charge in [-0.1, -0.05) is 18.2 Å². The number of hydrogen-bond donors (Lipinski definition) is 1. The van der Waals surface area contributed by atoms with Gasteiger partial charge >= 0.3 is 0 Å². The molecule has 0 saturated carbocycles. The molecule has 0 spiro atoms. The molecule has 1 saturated heterocycles. The molecule has 0 aromatic heterocycles. The molecule has 1 amide bonds.